The number of carbonyl (C=O) groups is 2. The number of carboxylic acid groups (broad SMARTS) is 1. The fourth-order valence-corrected chi connectivity index (χ4v) is 3.32. The lowest BCUT2D eigenvalue weighted by Crippen LogP contribution is -2.10. The van der Waals surface area contributed by atoms with Crippen molar-refractivity contribution in [2.45, 2.75) is 26.2 Å². The lowest BCUT2D eigenvalue weighted by Gasteiger charge is -2.09. The first-order chi connectivity index (χ1) is 17.8. The average molecular weight is 506 g/mol. The van der Waals surface area contributed by atoms with E-state index in [0.717, 1.165) is 12.0 Å². The van der Waals surface area contributed by atoms with Crippen LogP contribution >= 0.6 is 0 Å². The molecule has 0 aliphatic rings. The summed E-state index contributed by atoms with van der Waals surface area (Å²) in [5.41, 5.74) is 1.32. The molecule has 192 valence electrons. The third-order valence-electron chi connectivity index (χ3n) is 5.30. The molecule has 0 atom stereocenters. The summed E-state index contributed by atoms with van der Waals surface area (Å²) >= 11 is 0. The van der Waals surface area contributed by atoms with Crippen LogP contribution < -0.4 is 14.2 Å². The molecule has 0 saturated carbocycles. The molecule has 3 aromatic carbocycles. The van der Waals surface area contributed by atoms with Gasteiger partial charge in [-0.1, -0.05) is 31.7 Å². The molecule has 0 amide bonds. The van der Waals surface area contributed by atoms with Crippen molar-refractivity contribution in [2.75, 3.05) is 13.2 Å². The van der Waals surface area contributed by atoms with Crippen LogP contribution in [0.1, 0.15) is 36.5 Å². The molecule has 0 radical (unpaired) electrons. The molecule has 0 aromatic heterocycles. The first kappa shape index (κ1) is 26.9. The van der Waals surface area contributed by atoms with Crippen LogP contribution in [0.4, 0.5) is 5.69 Å². The zero-order chi connectivity index (χ0) is 26.8. The van der Waals surface area contributed by atoms with Gasteiger partial charge in [-0.2, -0.15) is 0 Å². The predicted octanol–water partition coefficient (Wildman–Crippen LogP) is 6.07. The second-order valence-corrected chi connectivity index (χ2v) is 8.09. The smallest absolute Gasteiger partial charge is 0.343 e. The van der Waals surface area contributed by atoms with Gasteiger partial charge >= 0.3 is 17.6 Å². The number of carbonyl (C=O) groups excluding carboxylic acids is 1. The fourth-order valence-electron chi connectivity index (χ4n) is 3.32. The van der Waals surface area contributed by atoms with Gasteiger partial charge in [-0.3, -0.25) is 10.1 Å². The van der Waals surface area contributed by atoms with E-state index >= 15 is 0 Å². The molecule has 3 aromatic rings. The van der Waals surface area contributed by atoms with E-state index in [0.29, 0.717) is 36.5 Å². The van der Waals surface area contributed by atoms with Gasteiger partial charge in [-0.25, -0.2) is 9.59 Å². The highest BCUT2D eigenvalue weighted by atomic mass is 16.6. The molecular formula is C28H27NO8. The molecule has 1 N–H and O–H groups in total. The summed E-state index contributed by atoms with van der Waals surface area (Å²) in [7, 11) is 0. The molecule has 0 saturated heterocycles. The highest BCUT2D eigenvalue weighted by Gasteiger charge is 2.20. The Balaban J connectivity index is 1.64. The number of esters is 1. The van der Waals surface area contributed by atoms with Crippen molar-refractivity contribution in [1.82, 2.24) is 0 Å². The third-order valence-corrected chi connectivity index (χ3v) is 5.30. The number of hydrogen-bond donors (Lipinski definition) is 1. The Bertz CT molecular complexity index is 1270. The highest BCUT2D eigenvalue weighted by molar-refractivity contribution is 5.92. The predicted molar refractivity (Wildman–Crippen MR) is 137 cm³/mol. The van der Waals surface area contributed by atoms with Crippen molar-refractivity contribution in [3.63, 3.8) is 0 Å². The molecular weight excluding hydrogens is 478 g/mol. The lowest BCUT2D eigenvalue weighted by atomic mass is 10.0. The van der Waals surface area contributed by atoms with Gasteiger partial charge in [-0.05, 0) is 72.9 Å². The van der Waals surface area contributed by atoms with Crippen molar-refractivity contribution >= 4 is 17.6 Å². The van der Waals surface area contributed by atoms with E-state index in [9.17, 15) is 19.7 Å². The Morgan fingerprint density at radius 2 is 1.51 bits per heavy atom. The van der Waals surface area contributed by atoms with Gasteiger partial charge in [-0.15, -0.1) is 0 Å². The highest BCUT2D eigenvalue weighted by Crippen LogP contribution is 2.33. The maximum atomic E-state index is 12.6. The van der Waals surface area contributed by atoms with Gasteiger partial charge in [0.2, 0.25) is 5.75 Å². The fraction of sp³-hybridized carbons (Fsp3) is 0.214. The van der Waals surface area contributed by atoms with E-state index in [1.165, 1.54) is 24.3 Å². The molecule has 0 aliphatic heterocycles. The number of rotatable bonds is 13. The van der Waals surface area contributed by atoms with Crippen molar-refractivity contribution in [1.29, 1.82) is 0 Å². The minimum atomic E-state index is -1.04. The second-order valence-electron chi connectivity index (χ2n) is 8.09. The van der Waals surface area contributed by atoms with Crippen molar-refractivity contribution in [3.8, 4) is 28.4 Å². The second kappa shape index (κ2) is 12.9. The van der Waals surface area contributed by atoms with Gasteiger partial charge in [0.05, 0.1) is 23.7 Å². The normalized spacial score (nSPS) is 10.4. The maximum absolute atomic E-state index is 12.6. The van der Waals surface area contributed by atoms with E-state index in [1.807, 2.05) is 19.1 Å². The van der Waals surface area contributed by atoms with Crippen molar-refractivity contribution in [3.05, 3.63) is 94.6 Å². The Kier molecular flexibility index (Phi) is 9.37. The zero-order valence-electron chi connectivity index (χ0n) is 20.3. The molecule has 0 aliphatic carbocycles. The van der Waals surface area contributed by atoms with Crippen LogP contribution in [0.2, 0.25) is 0 Å². The number of carboxylic acids is 1. The lowest BCUT2D eigenvalue weighted by molar-refractivity contribution is -0.385. The average Bonchev–Trinajstić information content (AvgIpc) is 2.90. The summed E-state index contributed by atoms with van der Waals surface area (Å²) in [5, 5.41) is 20.5. The van der Waals surface area contributed by atoms with E-state index in [1.54, 1.807) is 30.3 Å². The molecule has 3 rings (SSSR count). The topological polar surface area (TPSA) is 125 Å². The molecule has 0 bridgehead atoms. The van der Waals surface area contributed by atoms with E-state index in [-0.39, 0.29) is 29.2 Å². The maximum Gasteiger partial charge on any atom is 0.343 e. The zero-order valence-corrected chi connectivity index (χ0v) is 20.3. The Morgan fingerprint density at radius 3 is 2.11 bits per heavy atom. The number of aliphatic carboxylic acids is 1. The largest absolute Gasteiger partial charge is 0.494 e. The Labute approximate surface area is 214 Å². The number of nitro benzene ring substituents is 1. The third kappa shape index (κ3) is 7.66. The molecule has 0 spiro atoms. The molecule has 0 unspecified atom stereocenters. The number of hydrogen-bond acceptors (Lipinski definition) is 7. The van der Waals surface area contributed by atoms with Crippen molar-refractivity contribution < 1.29 is 33.8 Å². The van der Waals surface area contributed by atoms with Crippen LogP contribution in [0.25, 0.3) is 11.1 Å². The summed E-state index contributed by atoms with van der Waals surface area (Å²) in [4.78, 5) is 34.5. The molecule has 0 heterocycles. The number of ether oxygens (including phenoxy) is 3. The van der Waals surface area contributed by atoms with Gasteiger partial charge in [0, 0.05) is 11.6 Å². The van der Waals surface area contributed by atoms with E-state index in [2.05, 4.69) is 6.58 Å². The standard InChI is InChI=1S/C28H27NO8/c1-3-16-35-23-11-6-20(7-12-23)22-10-15-26(25(18-22)29(33)34)37-28(32)21-8-13-24(14-9-21)36-17-4-5-19(2)27(30)31/h6-15,18H,2-5,16-17H2,1H3,(H,30,31). The van der Waals surface area contributed by atoms with Crippen LogP contribution in [-0.2, 0) is 4.79 Å². The van der Waals surface area contributed by atoms with Crippen LogP contribution in [0, 0.1) is 10.1 Å². The van der Waals surface area contributed by atoms with Crippen LogP contribution in [0.15, 0.2) is 78.9 Å². The quantitative estimate of drug-likeness (QED) is 0.0741. The molecule has 37 heavy (non-hydrogen) atoms. The molecule has 9 nitrogen and oxygen atoms in total. The first-order valence-corrected chi connectivity index (χ1v) is 11.7. The van der Waals surface area contributed by atoms with E-state index in [4.69, 9.17) is 19.3 Å². The summed E-state index contributed by atoms with van der Waals surface area (Å²) < 4.78 is 16.4. The monoisotopic (exact) mass is 505 g/mol. The van der Waals surface area contributed by atoms with E-state index < -0.39 is 16.9 Å². The summed E-state index contributed by atoms with van der Waals surface area (Å²) in [6, 6.07) is 17.7. The number of nitrogens with zero attached hydrogens (tertiary/aromatic N) is 1. The number of nitro groups is 1. The summed E-state index contributed by atoms with van der Waals surface area (Å²) in [6.45, 7) is 6.36. The molecule has 9 heteroatoms. The van der Waals surface area contributed by atoms with Gasteiger partial charge in [0.25, 0.3) is 0 Å². The Morgan fingerprint density at radius 1 is 0.919 bits per heavy atom. The minimum Gasteiger partial charge on any atom is -0.494 e. The van der Waals surface area contributed by atoms with Crippen LogP contribution in [-0.4, -0.2) is 35.2 Å². The van der Waals surface area contributed by atoms with Crippen molar-refractivity contribution in [2.24, 2.45) is 0 Å². The minimum absolute atomic E-state index is 0.110. The molecule has 0 fully saturated rings. The van der Waals surface area contributed by atoms with Gasteiger partial charge in [0.1, 0.15) is 11.5 Å². The summed E-state index contributed by atoms with van der Waals surface area (Å²) in [5.74, 6) is -0.757. The van der Waals surface area contributed by atoms with Gasteiger partial charge < -0.3 is 19.3 Å². The summed E-state index contributed by atoms with van der Waals surface area (Å²) in [6.07, 6.45) is 1.67. The SMILES string of the molecule is C=C(CCCOc1ccc(C(=O)Oc2ccc(-c3ccc(OCCC)cc3)cc2[N+](=O)[O-])cc1)C(=O)O. The number of benzene rings is 3. The first-order valence-electron chi connectivity index (χ1n) is 11.7. The van der Waals surface area contributed by atoms with Gasteiger partial charge in [0.15, 0.2) is 0 Å². The van der Waals surface area contributed by atoms with Crippen LogP contribution in [0.5, 0.6) is 17.2 Å². The Hall–Kier alpha value is -4.66. The van der Waals surface area contributed by atoms with Crippen LogP contribution in [0.3, 0.4) is 0 Å².